The lowest BCUT2D eigenvalue weighted by Crippen LogP contribution is -2.07. The maximum atomic E-state index is 11.4. The summed E-state index contributed by atoms with van der Waals surface area (Å²) in [7, 11) is 0.0240. The predicted octanol–water partition coefficient (Wildman–Crippen LogP) is 5.23. The van der Waals surface area contributed by atoms with Crippen molar-refractivity contribution < 1.29 is 17.9 Å². The van der Waals surface area contributed by atoms with Gasteiger partial charge in [-0.2, -0.15) is 0 Å². The molecule has 2 heterocycles. The number of hydrogen-bond acceptors (Lipinski definition) is 5. The molecule has 0 radical (unpaired) electrons. The van der Waals surface area contributed by atoms with Gasteiger partial charge in [0.1, 0.15) is 4.60 Å². The Labute approximate surface area is 185 Å². The second-order valence-corrected chi connectivity index (χ2v) is 9.64. The van der Waals surface area contributed by atoms with Gasteiger partial charge in [-0.15, -0.1) is 0 Å². The molecule has 29 heavy (non-hydrogen) atoms. The molecule has 0 atom stereocenters. The number of ether oxygens (including phenoxy) is 2. The van der Waals surface area contributed by atoms with Crippen LogP contribution in [0.4, 0.5) is 0 Å². The molecular formula is C20H18Br2N2O4S. The Morgan fingerprint density at radius 3 is 2.21 bits per heavy atom. The van der Waals surface area contributed by atoms with Gasteiger partial charge in [0.2, 0.25) is 10.0 Å². The average Bonchev–Trinajstić information content (AvgIpc) is 3.05. The lowest BCUT2D eigenvalue weighted by molar-refractivity contribution is 0.356. The number of methoxy groups -OCH3 is 2. The molecule has 0 spiro atoms. The highest BCUT2D eigenvalue weighted by molar-refractivity contribution is 9.10. The van der Waals surface area contributed by atoms with Crippen LogP contribution < -0.4 is 9.47 Å². The Morgan fingerprint density at radius 1 is 0.966 bits per heavy atom. The van der Waals surface area contributed by atoms with Gasteiger partial charge in [0.25, 0.3) is 0 Å². The highest BCUT2D eigenvalue weighted by atomic mass is 79.9. The van der Waals surface area contributed by atoms with Crippen LogP contribution in [0.2, 0.25) is 0 Å². The summed E-state index contributed by atoms with van der Waals surface area (Å²) in [6.07, 6.45) is 4.55. The second-order valence-electron chi connectivity index (χ2n) is 6.11. The molecule has 4 rings (SSSR count). The van der Waals surface area contributed by atoms with Crippen molar-refractivity contribution in [3.63, 3.8) is 0 Å². The van der Waals surface area contributed by atoms with Gasteiger partial charge < -0.3 is 9.47 Å². The van der Waals surface area contributed by atoms with E-state index < -0.39 is 10.0 Å². The zero-order valence-electron chi connectivity index (χ0n) is 15.9. The van der Waals surface area contributed by atoms with E-state index in [1.54, 1.807) is 32.7 Å². The molecule has 0 N–H and O–H groups in total. The fourth-order valence-electron chi connectivity index (χ4n) is 2.83. The van der Waals surface area contributed by atoms with Gasteiger partial charge in [0.15, 0.2) is 11.5 Å². The van der Waals surface area contributed by atoms with E-state index in [0.29, 0.717) is 11.3 Å². The fourth-order valence-corrected chi connectivity index (χ4v) is 4.67. The van der Waals surface area contributed by atoms with Crippen molar-refractivity contribution in [2.24, 2.45) is 0 Å². The van der Waals surface area contributed by atoms with E-state index in [2.05, 4.69) is 36.8 Å². The predicted molar refractivity (Wildman–Crippen MR) is 122 cm³/mol. The van der Waals surface area contributed by atoms with E-state index in [4.69, 9.17) is 9.47 Å². The standard InChI is InChI=1S/C11H10BrNO2.C9H8BrNO2S/c1-14-9-3-7-5-11(12)13-6-8(7)4-10(9)15-2;1-14(12,13)11-6-8(10)7-4-2-3-5-9(7)11/h3-6H,1-2H3;2-6H,1H3. The normalized spacial score (nSPS) is 11.2. The van der Waals surface area contributed by atoms with Crippen LogP contribution >= 0.6 is 31.9 Å². The molecule has 0 bridgehead atoms. The summed E-state index contributed by atoms with van der Waals surface area (Å²) in [5, 5.41) is 2.99. The minimum atomic E-state index is -3.22. The zero-order valence-corrected chi connectivity index (χ0v) is 19.9. The monoisotopic (exact) mass is 540 g/mol. The lowest BCUT2D eigenvalue weighted by Gasteiger charge is -2.08. The number of pyridine rings is 1. The van der Waals surface area contributed by atoms with Crippen molar-refractivity contribution >= 4 is 63.6 Å². The van der Waals surface area contributed by atoms with Crippen molar-refractivity contribution in [1.29, 1.82) is 0 Å². The van der Waals surface area contributed by atoms with E-state index in [1.807, 2.05) is 36.4 Å². The van der Waals surface area contributed by atoms with Crippen LogP contribution in [0.25, 0.3) is 21.7 Å². The lowest BCUT2D eigenvalue weighted by atomic mass is 10.1. The molecule has 6 nitrogen and oxygen atoms in total. The quantitative estimate of drug-likeness (QED) is 0.332. The first kappa shape index (κ1) is 21.6. The van der Waals surface area contributed by atoms with Crippen LogP contribution in [0.5, 0.6) is 11.5 Å². The van der Waals surface area contributed by atoms with Gasteiger partial charge in [-0.25, -0.2) is 17.4 Å². The summed E-state index contributed by atoms with van der Waals surface area (Å²) >= 11 is 6.66. The summed E-state index contributed by atoms with van der Waals surface area (Å²) in [5.74, 6) is 1.44. The third-order valence-electron chi connectivity index (χ3n) is 4.18. The van der Waals surface area contributed by atoms with Gasteiger partial charge >= 0.3 is 0 Å². The maximum absolute atomic E-state index is 11.4. The third kappa shape index (κ3) is 4.73. The fraction of sp³-hybridized carbons (Fsp3) is 0.150. The van der Waals surface area contributed by atoms with E-state index in [0.717, 1.165) is 31.0 Å². The van der Waals surface area contributed by atoms with Crippen molar-refractivity contribution in [2.75, 3.05) is 20.5 Å². The Kier molecular flexibility index (Phi) is 6.50. The molecule has 0 saturated carbocycles. The molecule has 2 aromatic heterocycles. The number of hydrogen-bond donors (Lipinski definition) is 0. The van der Waals surface area contributed by atoms with Gasteiger partial charge in [-0.3, -0.25) is 0 Å². The first-order valence-electron chi connectivity index (χ1n) is 8.38. The molecule has 2 aromatic carbocycles. The van der Waals surface area contributed by atoms with Crippen LogP contribution in [0.1, 0.15) is 0 Å². The zero-order chi connectivity index (χ0) is 21.2. The molecule has 0 saturated heterocycles. The summed E-state index contributed by atoms with van der Waals surface area (Å²) in [5.41, 5.74) is 0.696. The van der Waals surface area contributed by atoms with Gasteiger partial charge in [-0.1, -0.05) is 18.2 Å². The highest BCUT2D eigenvalue weighted by Crippen LogP contribution is 2.32. The summed E-state index contributed by atoms with van der Waals surface area (Å²) in [6, 6.07) is 13.1. The number of rotatable bonds is 3. The number of aromatic nitrogens is 2. The topological polar surface area (TPSA) is 70.4 Å². The largest absolute Gasteiger partial charge is 0.493 e. The van der Waals surface area contributed by atoms with Crippen LogP contribution in [0.3, 0.4) is 0 Å². The molecule has 0 aliphatic rings. The number of fused-ring (bicyclic) bond motifs is 2. The Balaban J connectivity index is 0.000000166. The average molecular weight is 542 g/mol. The highest BCUT2D eigenvalue weighted by Gasteiger charge is 2.12. The summed E-state index contributed by atoms with van der Waals surface area (Å²) < 4.78 is 36.1. The number of benzene rings is 2. The maximum Gasteiger partial charge on any atom is 0.236 e. The Bertz CT molecular complexity index is 1290. The molecule has 0 fully saturated rings. The molecular weight excluding hydrogens is 524 g/mol. The van der Waals surface area contributed by atoms with Crippen molar-refractivity contribution in [3.8, 4) is 11.5 Å². The van der Waals surface area contributed by atoms with E-state index in [9.17, 15) is 8.42 Å². The van der Waals surface area contributed by atoms with Crippen LogP contribution in [-0.4, -0.2) is 37.8 Å². The minimum Gasteiger partial charge on any atom is -0.493 e. The third-order valence-corrected chi connectivity index (χ3v) is 6.26. The molecule has 0 aliphatic carbocycles. The molecule has 0 aliphatic heterocycles. The van der Waals surface area contributed by atoms with Gasteiger partial charge in [0.05, 0.1) is 26.0 Å². The van der Waals surface area contributed by atoms with Crippen LogP contribution in [-0.2, 0) is 10.0 Å². The second kappa shape index (κ2) is 8.73. The van der Waals surface area contributed by atoms with E-state index in [-0.39, 0.29) is 0 Å². The first-order chi connectivity index (χ1) is 13.7. The molecule has 152 valence electrons. The van der Waals surface area contributed by atoms with Crippen LogP contribution in [0.15, 0.2) is 63.9 Å². The van der Waals surface area contributed by atoms with Gasteiger partial charge in [0, 0.05) is 27.6 Å². The van der Waals surface area contributed by atoms with Gasteiger partial charge in [-0.05, 0) is 61.5 Å². The number of nitrogens with zero attached hydrogens (tertiary/aromatic N) is 2. The Morgan fingerprint density at radius 2 is 1.59 bits per heavy atom. The molecule has 4 aromatic rings. The first-order valence-corrected chi connectivity index (χ1v) is 11.8. The SMILES string of the molecule is COc1cc2cnc(Br)cc2cc1OC.CS(=O)(=O)n1cc(Br)c2ccccc21. The smallest absolute Gasteiger partial charge is 0.236 e. The van der Waals surface area contributed by atoms with Crippen molar-refractivity contribution in [1.82, 2.24) is 8.96 Å². The van der Waals surface area contributed by atoms with Crippen molar-refractivity contribution in [2.45, 2.75) is 0 Å². The van der Waals surface area contributed by atoms with E-state index >= 15 is 0 Å². The minimum absolute atomic E-state index is 0.696. The molecule has 0 unspecified atom stereocenters. The molecule has 0 amide bonds. The number of para-hydroxylation sites is 1. The summed E-state index contributed by atoms with van der Waals surface area (Å²) in [4.78, 5) is 4.16. The van der Waals surface area contributed by atoms with E-state index in [1.165, 1.54) is 10.2 Å². The van der Waals surface area contributed by atoms with Crippen molar-refractivity contribution in [3.05, 3.63) is 63.9 Å². The Hall–Kier alpha value is -2.10. The summed E-state index contributed by atoms with van der Waals surface area (Å²) in [6.45, 7) is 0. The van der Waals surface area contributed by atoms with Crippen LogP contribution in [0, 0.1) is 0 Å². The number of halogens is 2. The molecule has 9 heteroatoms.